The highest BCUT2D eigenvalue weighted by atomic mass is 32.1. The van der Waals surface area contributed by atoms with Crippen LogP contribution in [0.15, 0.2) is 77.4 Å². The van der Waals surface area contributed by atoms with E-state index in [4.69, 9.17) is 9.73 Å². The molecular weight excluding hydrogens is 552 g/mol. The Kier molecular flexibility index (Phi) is 6.46. The molecule has 2 aromatic heterocycles. The Morgan fingerprint density at radius 3 is 2.55 bits per heavy atom. The van der Waals surface area contributed by atoms with Crippen molar-refractivity contribution in [2.75, 3.05) is 39.8 Å². The molecular formula is C31H28N6O4S. The number of aromatic nitrogens is 2. The van der Waals surface area contributed by atoms with Gasteiger partial charge in [-0.25, -0.2) is 14.8 Å². The summed E-state index contributed by atoms with van der Waals surface area (Å²) in [5.74, 6) is 0.505. The van der Waals surface area contributed by atoms with E-state index >= 15 is 0 Å². The van der Waals surface area contributed by atoms with Crippen LogP contribution in [0.5, 0.6) is 0 Å². The summed E-state index contributed by atoms with van der Waals surface area (Å²) in [4.78, 5) is 57.5. The second-order valence-electron chi connectivity index (χ2n) is 10.9. The van der Waals surface area contributed by atoms with E-state index in [-0.39, 0.29) is 30.8 Å². The Morgan fingerprint density at radius 2 is 1.79 bits per heavy atom. The highest BCUT2D eigenvalue weighted by Gasteiger charge is 2.58. The number of pyridine rings is 1. The maximum atomic E-state index is 13.9. The lowest BCUT2D eigenvalue weighted by Gasteiger charge is -2.43. The third kappa shape index (κ3) is 4.50. The number of hydrogen-bond donors (Lipinski definition) is 0. The number of likely N-dealkylation sites (tertiary alicyclic amines) is 2. The molecule has 11 heteroatoms. The zero-order valence-corrected chi connectivity index (χ0v) is 23.8. The fourth-order valence-corrected chi connectivity index (χ4v) is 6.65. The van der Waals surface area contributed by atoms with Gasteiger partial charge < -0.3 is 14.5 Å². The van der Waals surface area contributed by atoms with Gasteiger partial charge >= 0.3 is 6.09 Å². The van der Waals surface area contributed by atoms with Gasteiger partial charge in [-0.3, -0.25) is 19.5 Å². The van der Waals surface area contributed by atoms with Crippen molar-refractivity contribution >= 4 is 46.0 Å². The van der Waals surface area contributed by atoms with Crippen LogP contribution in [0.2, 0.25) is 0 Å². The largest absolute Gasteiger partial charge is 0.453 e. The van der Waals surface area contributed by atoms with Crippen molar-refractivity contribution < 1.29 is 19.1 Å². The van der Waals surface area contributed by atoms with E-state index in [0.29, 0.717) is 30.5 Å². The molecule has 0 saturated carbocycles. The zero-order chi connectivity index (χ0) is 28.8. The summed E-state index contributed by atoms with van der Waals surface area (Å²) in [5, 5.41) is 3.36. The molecule has 7 rings (SSSR count). The standard InChI is InChI=1S/C31H28N6O4S/c1-41-30(40)36-18-31(19-36)29(39)37(17-20-10-13-35(16-20)28(38)27-33-12-14-42-27)26(34-31)23-7-4-21(5-8-23)24-9-6-22-3-2-11-32-25(22)15-24/h2-9,11-12,14-15,20H,10,13,16-19H2,1H3/t20-/m1/s1. The van der Waals surface area contributed by atoms with Gasteiger partial charge in [0.25, 0.3) is 11.8 Å². The van der Waals surface area contributed by atoms with Crippen molar-refractivity contribution in [1.82, 2.24) is 24.7 Å². The Hall–Kier alpha value is -4.64. The van der Waals surface area contributed by atoms with E-state index in [1.54, 1.807) is 22.7 Å². The van der Waals surface area contributed by atoms with Crippen molar-refractivity contribution in [3.63, 3.8) is 0 Å². The van der Waals surface area contributed by atoms with Gasteiger partial charge in [-0.1, -0.05) is 42.5 Å². The van der Waals surface area contributed by atoms with E-state index in [1.807, 2.05) is 41.3 Å². The Balaban J connectivity index is 1.14. The number of nitrogens with zero attached hydrogens (tertiary/aromatic N) is 6. The lowest BCUT2D eigenvalue weighted by Crippen LogP contribution is -2.66. The number of rotatable bonds is 5. The average Bonchev–Trinajstić information content (AvgIpc) is 3.77. The van der Waals surface area contributed by atoms with Gasteiger partial charge in [-0.15, -0.1) is 11.3 Å². The van der Waals surface area contributed by atoms with Gasteiger partial charge in [-0.2, -0.15) is 0 Å². The predicted octanol–water partition coefficient (Wildman–Crippen LogP) is 3.93. The fraction of sp³-hybridized carbons (Fsp3) is 0.290. The van der Waals surface area contributed by atoms with Gasteiger partial charge in [-0.05, 0) is 35.6 Å². The van der Waals surface area contributed by atoms with E-state index in [0.717, 1.165) is 34.0 Å². The van der Waals surface area contributed by atoms with E-state index < -0.39 is 11.6 Å². The fourth-order valence-electron chi connectivity index (χ4n) is 6.04. The number of carbonyl (C=O) groups is 3. The molecule has 3 aliphatic heterocycles. The highest BCUT2D eigenvalue weighted by molar-refractivity contribution is 7.11. The third-order valence-electron chi connectivity index (χ3n) is 8.27. The van der Waals surface area contributed by atoms with Crippen LogP contribution in [-0.2, 0) is 9.53 Å². The van der Waals surface area contributed by atoms with Crippen LogP contribution in [0.3, 0.4) is 0 Å². The van der Waals surface area contributed by atoms with Crippen LogP contribution in [0, 0.1) is 5.92 Å². The molecule has 4 aromatic rings. The Labute approximate surface area is 246 Å². The van der Waals surface area contributed by atoms with E-state index in [2.05, 4.69) is 28.2 Å². The number of fused-ring (bicyclic) bond motifs is 1. The minimum absolute atomic E-state index is 0.0715. The molecule has 3 amide bonds. The van der Waals surface area contributed by atoms with Crippen molar-refractivity contribution in [2.24, 2.45) is 10.9 Å². The molecule has 2 fully saturated rings. The van der Waals surface area contributed by atoms with Gasteiger partial charge in [0.2, 0.25) is 0 Å². The van der Waals surface area contributed by atoms with Crippen molar-refractivity contribution in [3.8, 4) is 11.1 Å². The molecule has 0 N–H and O–H groups in total. The minimum Gasteiger partial charge on any atom is -0.453 e. The monoisotopic (exact) mass is 580 g/mol. The van der Waals surface area contributed by atoms with Gasteiger partial charge in [0.15, 0.2) is 10.5 Å². The summed E-state index contributed by atoms with van der Waals surface area (Å²) in [6.07, 6.45) is 3.74. The second kappa shape index (κ2) is 10.3. The molecule has 1 atom stereocenters. The molecule has 3 aliphatic rings. The molecule has 0 aliphatic carbocycles. The van der Waals surface area contributed by atoms with Crippen molar-refractivity contribution in [1.29, 1.82) is 0 Å². The summed E-state index contributed by atoms with van der Waals surface area (Å²) in [6, 6.07) is 18.2. The summed E-state index contributed by atoms with van der Waals surface area (Å²) in [6.45, 7) is 1.97. The molecule has 0 bridgehead atoms. The number of amidine groups is 1. The van der Waals surface area contributed by atoms with Crippen molar-refractivity contribution in [3.05, 3.63) is 82.9 Å². The average molecular weight is 581 g/mol. The van der Waals surface area contributed by atoms with Crippen LogP contribution in [-0.4, -0.2) is 93.8 Å². The van der Waals surface area contributed by atoms with Gasteiger partial charge in [0.1, 0.15) is 5.84 Å². The number of benzene rings is 2. The molecule has 1 spiro atoms. The molecule has 2 saturated heterocycles. The first-order valence-electron chi connectivity index (χ1n) is 13.8. The summed E-state index contributed by atoms with van der Waals surface area (Å²) >= 11 is 1.33. The molecule has 0 unspecified atom stereocenters. The van der Waals surface area contributed by atoms with Gasteiger partial charge in [0, 0.05) is 48.4 Å². The van der Waals surface area contributed by atoms with Crippen LogP contribution < -0.4 is 0 Å². The Bertz CT molecular complexity index is 1720. The lowest BCUT2D eigenvalue weighted by molar-refractivity contribution is -0.136. The smallest absolute Gasteiger partial charge is 0.409 e. The molecule has 42 heavy (non-hydrogen) atoms. The second-order valence-corrected chi connectivity index (χ2v) is 11.8. The zero-order valence-electron chi connectivity index (χ0n) is 23.0. The summed E-state index contributed by atoms with van der Waals surface area (Å²) < 4.78 is 4.85. The number of methoxy groups -OCH3 is 1. The maximum Gasteiger partial charge on any atom is 0.409 e. The van der Waals surface area contributed by atoms with Crippen LogP contribution >= 0.6 is 11.3 Å². The maximum absolute atomic E-state index is 13.9. The number of hydrogen-bond acceptors (Lipinski definition) is 8. The first kappa shape index (κ1) is 26.3. The molecule has 212 valence electrons. The number of ether oxygens (including phenoxy) is 1. The minimum atomic E-state index is -1.01. The van der Waals surface area contributed by atoms with Crippen LogP contribution in [0.25, 0.3) is 22.0 Å². The van der Waals surface area contributed by atoms with E-state index in [9.17, 15) is 14.4 Å². The Morgan fingerprint density at radius 1 is 1.00 bits per heavy atom. The molecule has 5 heterocycles. The summed E-state index contributed by atoms with van der Waals surface area (Å²) in [5.41, 5.74) is 2.82. The number of amides is 3. The topological polar surface area (TPSA) is 108 Å². The number of carbonyl (C=O) groups excluding carboxylic acids is 3. The van der Waals surface area contributed by atoms with Gasteiger partial charge in [0.05, 0.1) is 25.7 Å². The van der Waals surface area contributed by atoms with Crippen LogP contribution in [0.4, 0.5) is 4.79 Å². The normalized spacial score (nSPS) is 19.4. The SMILES string of the molecule is COC(=O)N1CC2(C1)N=C(c1ccc(-c3ccc4cccnc4c3)cc1)N(C[C@@H]1CCN(C(=O)c3nccs3)C1)C2=O. The first-order valence-corrected chi connectivity index (χ1v) is 14.7. The molecule has 10 nitrogen and oxygen atoms in total. The third-order valence-corrected chi connectivity index (χ3v) is 9.03. The predicted molar refractivity (Wildman–Crippen MR) is 158 cm³/mol. The van der Waals surface area contributed by atoms with Crippen molar-refractivity contribution in [2.45, 2.75) is 12.0 Å². The molecule has 0 radical (unpaired) electrons. The van der Waals surface area contributed by atoms with Crippen LogP contribution in [0.1, 0.15) is 21.8 Å². The number of thiazole rings is 1. The van der Waals surface area contributed by atoms with E-state index in [1.165, 1.54) is 23.3 Å². The lowest BCUT2D eigenvalue weighted by atomic mass is 9.90. The quantitative estimate of drug-likeness (QED) is 0.354. The first-order chi connectivity index (χ1) is 20.4. The molecule has 2 aromatic carbocycles. The number of aliphatic imine (C=N–C) groups is 1. The highest BCUT2D eigenvalue weighted by Crippen LogP contribution is 2.36. The summed E-state index contributed by atoms with van der Waals surface area (Å²) in [7, 11) is 1.33.